The quantitative estimate of drug-likeness (QED) is 0.256. The average molecular weight is 646 g/mol. The molecule has 0 spiro atoms. The van der Waals surface area contributed by atoms with Crippen molar-refractivity contribution in [1.82, 2.24) is 5.32 Å². The lowest BCUT2D eigenvalue weighted by Crippen LogP contribution is -2.68. The molecule has 6 rings (SSSR count). The number of esters is 2. The Morgan fingerprint density at radius 2 is 1.47 bits per heavy atom. The van der Waals surface area contributed by atoms with E-state index in [1.165, 1.54) is 19.4 Å². The van der Waals surface area contributed by atoms with Gasteiger partial charge in [-0.25, -0.2) is 0 Å². The van der Waals surface area contributed by atoms with Gasteiger partial charge in [0.25, 0.3) is 0 Å². The molecule has 9 atom stereocenters. The molecule has 0 bridgehead atoms. The predicted molar refractivity (Wildman–Crippen MR) is 184 cm³/mol. The zero-order valence-corrected chi connectivity index (χ0v) is 30.5. The van der Waals surface area contributed by atoms with Crippen molar-refractivity contribution in [2.45, 2.75) is 139 Å². The lowest BCUT2D eigenvalue weighted by atomic mass is 9.33. The van der Waals surface area contributed by atoms with E-state index in [4.69, 9.17) is 9.47 Å². The van der Waals surface area contributed by atoms with Crippen LogP contribution in [0.4, 0.5) is 0 Å². The molecule has 0 aliphatic heterocycles. The lowest BCUT2D eigenvalue weighted by Gasteiger charge is -2.71. The van der Waals surface area contributed by atoms with Gasteiger partial charge >= 0.3 is 11.9 Å². The molecule has 6 heteroatoms. The number of carbonyl (C=O) groups is 3. The van der Waals surface area contributed by atoms with Crippen molar-refractivity contribution >= 4 is 17.8 Å². The lowest BCUT2D eigenvalue weighted by molar-refractivity contribution is -0.243. The van der Waals surface area contributed by atoms with Crippen molar-refractivity contribution in [3.63, 3.8) is 0 Å². The first-order chi connectivity index (χ1) is 21.9. The topological polar surface area (TPSA) is 81.7 Å². The van der Waals surface area contributed by atoms with E-state index in [0.717, 1.165) is 56.9 Å². The zero-order valence-electron chi connectivity index (χ0n) is 30.5. The van der Waals surface area contributed by atoms with Gasteiger partial charge in [-0.1, -0.05) is 90.4 Å². The zero-order chi connectivity index (χ0) is 34.2. The Hall–Kier alpha value is -2.63. The number of amides is 1. The predicted octanol–water partition coefficient (Wildman–Crippen LogP) is 8.58. The molecule has 0 saturated heterocycles. The van der Waals surface area contributed by atoms with Crippen molar-refractivity contribution in [2.75, 3.05) is 0 Å². The van der Waals surface area contributed by atoms with Crippen LogP contribution in [0.15, 0.2) is 42.0 Å². The van der Waals surface area contributed by atoms with Crippen LogP contribution in [0, 0.1) is 50.2 Å². The largest absolute Gasteiger partial charge is 0.459 e. The summed E-state index contributed by atoms with van der Waals surface area (Å²) in [6.45, 7) is 20.2. The molecule has 1 aromatic rings. The molecule has 4 fully saturated rings. The van der Waals surface area contributed by atoms with Gasteiger partial charge < -0.3 is 14.8 Å². The van der Waals surface area contributed by atoms with Crippen molar-refractivity contribution in [3.05, 3.63) is 47.5 Å². The normalized spacial score (nSPS) is 41.5. The number of hydrogen-bond donors (Lipinski definition) is 1. The molecule has 1 aromatic carbocycles. The summed E-state index contributed by atoms with van der Waals surface area (Å²) in [5.41, 5.74) is 2.04. The fourth-order valence-electron chi connectivity index (χ4n) is 12.4. The summed E-state index contributed by atoms with van der Waals surface area (Å²) in [6, 6.07) is 10.3. The number of allylic oxidation sites excluding steroid dienone is 2. The molecule has 1 N–H and O–H groups in total. The molecule has 0 unspecified atom stereocenters. The van der Waals surface area contributed by atoms with Crippen LogP contribution < -0.4 is 5.32 Å². The van der Waals surface area contributed by atoms with Crippen LogP contribution in [-0.4, -0.2) is 30.1 Å². The van der Waals surface area contributed by atoms with E-state index >= 15 is 0 Å². The molecular weight excluding hydrogens is 586 g/mol. The third kappa shape index (κ3) is 5.30. The van der Waals surface area contributed by atoms with Crippen molar-refractivity contribution < 1.29 is 23.9 Å². The third-order valence-corrected chi connectivity index (χ3v) is 14.9. The Balaban J connectivity index is 1.37. The van der Waals surface area contributed by atoms with E-state index in [-0.39, 0.29) is 56.3 Å². The SMILES string of the molecule is CC(=O)O[C@@H]1C[C@]2(C)[C@H]3CC=C4[C@@H]5CC(C)(C)CC[C@]5(C(=O)NCc5ccccc5)CC[C@@]4(C)[C@]3(C)CC[C@H]2C(C)(C)[C@H]1OC(C)=O. The highest BCUT2D eigenvalue weighted by Crippen LogP contribution is 2.76. The van der Waals surface area contributed by atoms with Gasteiger partial charge in [0.15, 0.2) is 0 Å². The van der Waals surface area contributed by atoms with Crippen LogP contribution in [-0.2, 0) is 30.4 Å². The fourth-order valence-corrected chi connectivity index (χ4v) is 12.4. The standard InChI is InChI=1S/C41H59NO5/c1-26(43)46-31-24-38(7)32(37(5,6)34(31)47-27(2)44)17-18-40(9)33(38)16-15-29-30-23-36(3,4)19-21-41(30,22-20-39(29,40)8)35(45)42-25-28-13-11-10-12-14-28/h10-15,30-34H,16-25H2,1-9H3,(H,42,45)/t30-,31+,32-,33+,34-,38-,39+,40+,41-/m0/s1. The Morgan fingerprint density at radius 3 is 2.13 bits per heavy atom. The monoisotopic (exact) mass is 645 g/mol. The van der Waals surface area contributed by atoms with Crippen LogP contribution >= 0.6 is 0 Å². The summed E-state index contributed by atoms with van der Waals surface area (Å²) < 4.78 is 12.0. The number of hydrogen-bond acceptors (Lipinski definition) is 5. The summed E-state index contributed by atoms with van der Waals surface area (Å²) in [5, 5.41) is 3.41. The van der Waals surface area contributed by atoms with Crippen LogP contribution in [0.1, 0.15) is 126 Å². The number of nitrogens with one attached hydrogen (secondary N) is 1. The fraction of sp³-hybridized carbons (Fsp3) is 0.732. The van der Waals surface area contributed by atoms with Gasteiger partial charge in [-0.2, -0.15) is 0 Å². The summed E-state index contributed by atoms with van der Waals surface area (Å²) in [7, 11) is 0. The molecule has 6 nitrogen and oxygen atoms in total. The van der Waals surface area contributed by atoms with E-state index in [0.29, 0.717) is 24.8 Å². The first-order valence-corrected chi connectivity index (χ1v) is 18.3. The second-order valence-electron chi connectivity index (χ2n) is 18.2. The first kappa shape index (κ1) is 34.2. The number of carbonyl (C=O) groups excluding carboxylic acids is 3. The van der Waals surface area contributed by atoms with Gasteiger partial charge in [0.05, 0.1) is 5.41 Å². The summed E-state index contributed by atoms with van der Waals surface area (Å²) in [6.07, 6.45) is 10.4. The van der Waals surface area contributed by atoms with Gasteiger partial charge in [-0.15, -0.1) is 0 Å². The minimum absolute atomic E-state index is 0.0288. The second kappa shape index (κ2) is 11.5. The Morgan fingerprint density at radius 1 is 0.809 bits per heavy atom. The summed E-state index contributed by atoms with van der Waals surface area (Å²) in [5.74, 6) is 0.528. The molecule has 5 aliphatic carbocycles. The number of fused-ring (bicyclic) bond motifs is 7. The highest BCUT2D eigenvalue weighted by Gasteiger charge is 2.70. The molecule has 0 aromatic heterocycles. The Kier molecular flexibility index (Phi) is 8.36. The maximum atomic E-state index is 14.4. The number of rotatable bonds is 5. The highest BCUT2D eigenvalue weighted by molar-refractivity contribution is 5.84. The van der Waals surface area contributed by atoms with Crippen LogP contribution in [0.25, 0.3) is 0 Å². The summed E-state index contributed by atoms with van der Waals surface area (Å²) in [4.78, 5) is 39.1. The smallest absolute Gasteiger partial charge is 0.303 e. The van der Waals surface area contributed by atoms with E-state index < -0.39 is 12.2 Å². The van der Waals surface area contributed by atoms with Crippen LogP contribution in [0.5, 0.6) is 0 Å². The summed E-state index contributed by atoms with van der Waals surface area (Å²) >= 11 is 0. The average Bonchev–Trinajstić information content (AvgIpc) is 2.98. The van der Waals surface area contributed by atoms with Gasteiger partial charge in [0, 0.05) is 25.8 Å². The van der Waals surface area contributed by atoms with Crippen molar-refractivity contribution in [3.8, 4) is 0 Å². The van der Waals surface area contributed by atoms with Crippen molar-refractivity contribution in [2.24, 2.45) is 50.2 Å². The second-order valence-corrected chi connectivity index (χ2v) is 18.2. The van der Waals surface area contributed by atoms with Gasteiger partial charge in [-0.05, 0) is 103 Å². The van der Waals surface area contributed by atoms with E-state index in [2.05, 4.69) is 72.0 Å². The third-order valence-electron chi connectivity index (χ3n) is 14.9. The molecule has 47 heavy (non-hydrogen) atoms. The molecule has 0 heterocycles. The Bertz CT molecular complexity index is 1450. The molecule has 258 valence electrons. The van der Waals surface area contributed by atoms with Crippen LogP contribution in [0.3, 0.4) is 0 Å². The van der Waals surface area contributed by atoms with Crippen LogP contribution in [0.2, 0.25) is 0 Å². The highest BCUT2D eigenvalue weighted by atomic mass is 16.6. The number of ether oxygens (including phenoxy) is 2. The molecule has 5 aliphatic rings. The Labute approximate surface area is 283 Å². The maximum Gasteiger partial charge on any atom is 0.303 e. The van der Waals surface area contributed by atoms with Gasteiger partial charge in [0.2, 0.25) is 5.91 Å². The maximum absolute atomic E-state index is 14.4. The minimum atomic E-state index is -0.473. The molecule has 4 saturated carbocycles. The van der Waals surface area contributed by atoms with E-state index in [9.17, 15) is 14.4 Å². The molecule has 0 radical (unpaired) electrons. The van der Waals surface area contributed by atoms with Gasteiger partial charge in [-0.3, -0.25) is 14.4 Å². The first-order valence-electron chi connectivity index (χ1n) is 18.3. The minimum Gasteiger partial charge on any atom is -0.459 e. The van der Waals surface area contributed by atoms with E-state index in [1.54, 1.807) is 0 Å². The van der Waals surface area contributed by atoms with Crippen molar-refractivity contribution in [1.29, 1.82) is 0 Å². The molecule has 1 amide bonds. The molecular formula is C41H59NO5. The number of benzene rings is 1. The van der Waals surface area contributed by atoms with E-state index in [1.807, 2.05) is 18.2 Å². The van der Waals surface area contributed by atoms with Gasteiger partial charge in [0.1, 0.15) is 12.2 Å².